The average Bonchev–Trinajstić information content (AvgIpc) is 2.64. The molecular weight excluding hydrogens is 375 g/mol. The van der Waals surface area contributed by atoms with E-state index in [1.54, 1.807) is 24.3 Å². The van der Waals surface area contributed by atoms with E-state index in [1.165, 1.54) is 31.2 Å². The van der Waals surface area contributed by atoms with Crippen LogP contribution in [-0.2, 0) is 4.79 Å². The summed E-state index contributed by atoms with van der Waals surface area (Å²) in [7, 11) is 0. The molecule has 28 heavy (non-hydrogen) atoms. The maximum Gasteiger partial charge on any atom is 0.422 e. The van der Waals surface area contributed by atoms with E-state index in [-0.39, 0.29) is 23.9 Å². The number of hydrogen-bond acceptors (Lipinski definition) is 4. The number of benzene rings is 2. The highest BCUT2D eigenvalue weighted by molar-refractivity contribution is 5.94. The molecule has 5 nitrogen and oxygen atoms in total. The van der Waals surface area contributed by atoms with E-state index in [1.807, 2.05) is 0 Å². The fourth-order valence-electron chi connectivity index (χ4n) is 2.23. The molecule has 0 aliphatic heterocycles. The molecule has 8 heteroatoms. The van der Waals surface area contributed by atoms with E-state index >= 15 is 0 Å². The third-order valence-corrected chi connectivity index (χ3v) is 3.62. The highest BCUT2D eigenvalue weighted by Gasteiger charge is 2.28. The molecule has 0 unspecified atom stereocenters. The van der Waals surface area contributed by atoms with Gasteiger partial charge in [0.05, 0.1) is 6.61 Å². The molecule has 0 atom stereocenters. The molecule has 2 rings (SSSR count). The Balaban J connectivity index is 1.68. The Morgan fingerprint density at radius 3 is 2.07 bits per heavy atom. The number of Topliss-reactive ketones (excluding diaryl/α,β-unsaturated/α-hetero) is 1. The summed E-state index contributed by atoms with van der Waals surface area (Å²) >= 11 is 0. The maximum atomic E-state index is 12.1. The van der Waals surface area contributed by atoms with Gasteiger partial charge in [0.1, 0.15) is 11.5 Å². The first-order chi connectivity index (χ1) is 13.2. The van der Waals surface area contributed by atoms with Crippen LogP contribution >= 0.6 is 0 Å². The first kappa shape index (κ1) is 21.3. The number of ether oxygens (including phenoxy) is 2. The molecule has 0 radical (unpaired) electrons. The third kappa shape index (κ3) is 7.69. The van der Waals surface area contributed by atoms with Gasteiger partial charge in [0.25, 0.3) is 0 Å². The molecule has 0 bridgehead atoms. The van der Waals surface area contributed by atoms with Crippen molar-refractivity contribution < 1.29 is 32.2 Å². The van der Waals surface area contributed by atoms with Crippen LogP contribution in [-0.4, -0.2) is 31.1 Å². The lowest BCUT2D eigenvalue weighted by Crippen LogP contribution is -2.19. The van der Waals surface area contributed by atoms with Gasteiger partial charge in [0.15, 0.2) is 12.4 Å². The largest absolute Gasteiger partial charge is 0.494 e. The quantitative estimate of drug-likeness (QED) is 0.497. The lowest BCUT2D eigenvalue weighted by atomic mass is 10.1. The zero-order valence-electron chi connectivity index (χ0n) is 15.2. The molecule has 0 saturated heterocycles. The number of rotatable bonds is 9. The Kier molecular flexibility index (Phi) is 7.43. The smallest absolute Gasteiger partial charge is 0.422 e. The summed E-state index contributed by atoms with van der Waals surface area (Å²) < 4.78 is 46.4. The number of ketones is 1. The lowest BCUT2D eigenvalue weighted by Gasteiger charge is -2.10. The van der Waals surface area contributed by atoms with Crippen LogP contribution < -0.4 is 14.8 Å². The number of nitrogens with one attached hydrogen (secondary N) is 1. The van der Waals surface area contributed by atoms with Crippen molar-refractivity contribution in [3.8, 4) is 11.5 Å². The minimum Gasteiger partial charge on any atom is -0.494 e. The second kappa shape index (κ2) is 9.77. The van der Waals surface area contributed by atoms with Crippen LogP contribution in [0.1, 0.15) is 30.1 Å². The van der Waals surface area contributed by atoms with Crippen molar-refractivity contribution in [1.82, 2.24) is 0 Å². The van der Waals surface area contributed by atoms with Gasteiger partial charge in [-0.25, -0.2) is 0 Å². The Bertz CT molecular complexity index is 787. The number of alkyl halides is 3. The molecule has 0 heterocycles. The van der Waals surface area contributed by atoms with Crippen molar-refractivity contribution in [2.24, 2.45) is 0 Å². The Hall–Kier alpha value is -3.03. The molecule has 1 amide bonds. The van der Waals surface area contributed by atoms with Crippen molar-refractivity contribution in [3.05, 3.63) is 54.1 Å². The molecule has 2 aromatic rings. The number of halogens is 3. The fraction of sp³-hybridized carbons (Fsp3) is 0.300. The van der Waals surface area contributed by atoms with Gasteiger partial charge >= 0.3 is 6.18 Å². The van der Waals surface area contributed by atoms with Gasteiger partial charge in [0, 0.05) is 17.7 Å². The van der Waals surface area contributed by atoms with Crippen LogP contribution in [0.15, 0.2) is 48.5 Å². The maximum absolute atomic E-state index is 12.1. The zero-order chi connectivity index (χ0) is 20.6. The number of carbonyl (C=O) groups is 2. The zero-order valence-corrected chi connectivity index (χ0v) is 15.2. The van der Waals surface area contributed by atoms with Crippen LogP contribution in [0.25, 0.3) is 0 Å². The van der Waals surface area contributed by atoms with Crippen LogP contribution in [0.3, 0.4) is 0 Å². The normalized spacial score (nSPS) is 11.0. The molecule has 0 aromatic heterocycles. The molecule has 0 aliphatic carbocycles. The summed E-state index contributed by atoms with van der Waals surface area (Å²) in [5.41, 5.74) is 1.06. The van der Waals surface area contributed by atoms with Crippen molar-refractivity contribution in [3.63, 3.8) is 0 Å². The molecule has 1 N–H and O–H groups in total. The Morgan fingerprint density at radius 1 is 0.929 bits per heavy atom. The highest BCUT2D eigenvalue weighted by atomic mass is 19.4. The van der Waals surface area contributed by atoms with E-state index < -0.39 is 12.8 Å². The van der Waals surface area contributed by atoms with Crippen molar-refractivity contribution >= 4 is 17.4 Å². The van der Waals surface area contributed by atoms with Gasteiger partial charge in [-0.2, -0.15) is 13.2 Å². The van der Waals surface area contributed by atoms with Gasteiger partial charge in [0.2, 0.25) is 5.91 Å². The molecule has 0 fully saturated rings. The highest BCUT2D eigenvalue weighted by Crippen LogP contribution is 2.20. The Labute approximate surface area is 160 Å². The van der Waals surface area contributed by atoms with Crippen LogP contribution in [0.5, 0.6) is 11.5 Å². The van der Waals surface area contributed by atoms with Crippen molar-refractivity contribution in [2.45, 2.75) is 25.9 Å². The molecule has 2 aromatic carbocycles. The summed E-state index contributed by atoms with van der Waals surface area (Å²) in [6.07, 6.45) is -3.70. The summed E-state index contributed by atoms with van der Waals surface area (Å²) in [5.74, 6) is 0.419. The predicted molar refractivity (Wildman–Crippen MR) is 97.8 cm³/mol. The minimum absolute atomic E-state index is 0.0248. The first-order valence-electron chi connectivity index (χ1n) is 8.56. The molecule has 0 aliphatic rings. The van der Waals surface area contributed by atoms with Crippen LogP contribution in [0.4, 0.5) is 18.9 Å². The lowest BCUT2D eigenvalue weighted by molar-refractivity contribution is -0.153. The predicted octanol–water partition coefficient (Wildman–Crippen LogP) is 4.63. The van der Waals surface area contributed by atoms with Gasteiger partial charge in [-0.3, -0.25) is 9.59 Å². The standard InChI is InChI=1S/C20H20F3NO4/c1-14(25)15-4-8-17(9-5-15)27-12-2-3-19(26)24-16-6-10-18(11-7-16)28-13-20(21,22)23/h4-11H,2-3,12-13H2,1H3,(H,24,26). The fourth-order valence-corrected chi connectivity index (χ4v) is 2.23. The minimum atomic E-state index is -4.40. The van der Waals surface area contributed by atoms with Crippen molar-refractivity contribution in [1.29, 1.82) is 0 Å². The first-order valence-corrected chi connectivity index (χ1v) is 8.56. The average molecular weight is 395 g/mol. The van der Waals surface area contributed by atoms with Gasteiger partial charge in [-0.05, 0) is 61.9 Å². The third-order valence-electron chi connectivity index (χ3n) is 3.62. The van der Waals surface area contributed by atoms with E-state index in [9.17, 15) is 22.8 Å². The summed E-state index contributed by atoms with van der Waals surface area (Å²) in [4.78, 5) is 23.1. The monoisotopic (exact) mass is 395 g/mol. The van der Waals surface area contributed by atoms with Gasteiger partial charge in [-0.1, -0.05) is 0 Å². The van der Waals surface area contributed by atoms with E-state index in [4.69, 9.17) is 4.74 Å². The van der Waals surface area contributed by atoms with Crippen LogP contribution in [0.2, 0.25) is 0 Å². The number of carbonyl (C=O) groups excluding carboxylic acids is 2. The topological polar surface area (TPSA) is 64.6 Å². The number of amides is 1. The van der Waals surface area contributed by atoms with Crippen LogP contribution in [0, 0.1) is 0 Å². The van der Waals surface area contributed by atoms with Gasteiger partial charge in [-0.15, -0.1) is 0 Å². The van der Waals surface area contributed by atoms with Gasteiger partial charge < -0.3 is 14.8 Å². The molecular formula is C20H20F3NO4. The molecule has 0 spiro atoms. The number of anilines is 1. The Morgan fingerprint density at radius 2 is 1.50 bits per heavy atom. The molecule has 0 saturated carbocycles. The summed E-state index contributed by atoms with van der Waals surface area (Å²) in [6.45, 7) is 0.449. The summed E-state index contributed by atoms with van der Waals surface area (Å²) in [5, 5.41) is 2.65. The second-order valence-electron chi connectivity index (χ2n) is 6.01. The van der Waals surface area contributed by atoms with E-state index in [0.717, 1.165) is 0 Å². The van der Waals surface area contributed by atoms with E-state index in [0.29, 0.717) is 30.0 Å². The number of hydrogen-bond donors (Lipinski definition) is 1. The summed E-state index contributed by atoms with van der Waals surface area (Å²) in [6, 6.07) is 12.4. The van der Waals surface area contributed by atoms with E-state index in [2.05, 4.69) is 10.1 Å². The SMILES string of the molecule is CC(=O)c1ccc(OCCCC(=O)Nc2ccc(OCC(F)(F)F)cc2)cc1. The van der Waals surface area contributed by atoms with Crippen molar-refractivity contribution in [2.75, 3.05) is 18.5 Å². The second-order valence-corrected chi connectivity index (χ2v) is 6.01. The molecule has 150 valence electrons.